The highest BCUT2D eigenvalue weighted by molar-refractivity contribution is 6.08. The highest BCUT2D eigenvalue weighted by Crippen LogP contribution is 2.35. The molecule has 1 unspecified atom stereocenters. The lowest BCUT2D eigenvalue weighted by Gasteiger charge is -2.12. The third kappa shape index (κ3) is 4.38. The van der Waals surface area contributed by atoms with E-state index in [0.717, 1.165) is 0 Å². The van der Waals surface area contributed by atoms with Crippen LogP contribution in [-0.4, -0.2) is 29.6 Å². The van der Waals surface area contributed by atoms with Crippen molar-refractivity contribution in [3.8, 4) is 5.75 Å². The van der Waals surface area contributed by atoms with Crippen LogP contribution in [0.5, 0.6) is 5.75 Å². The zero-order valence-electron chi connectivity index (χ0n) is 15.4. The molecule has 0 bridgehead atoms. The zero-order valence-corrected chi connectivity index (χ0v) is 15.4. The summed E-state index contributed by atoms with van der Waals surface area (Å²) in [6.07, 6.45) is -3.12. The molecule has 1 heterocycles. The average molecular weight is 422 g/mol. The van der Waals surface area contributed by atoms with Crippen molar-refractivity contribution in [1.82, 2.24) is 5.32 Å². The molecule has 0 saturated heterocycles. The molecular formula is C20H17F3N2O5. The Morgan fingerprint density at radius 3 is 2.57 bits per heavy atom. The fraction of sp³-hybridized carbons (Fsp3) is 0.200. The van der Waals surface area contributed by atoms with Crippen LogP contribution in [0.2, 0.25) is 0 Å². The van der Waals surface area contributed by atoms with Crippen molar-refractivity contribution in [3.63, 3.8) is 0 Å². The van der Waals surface area contributed by atoms with E-state index in [1.807, 2.05) is 0 Å². The molecule has 0 spiro atoms. The van der Waals surface area contributed by atoms with Crippen LogP contribution in [0.3, 0.4) is 0 Å². The van der Waals surface area contributed by atoms with Gasteiger partial charge in [-0.05, 0) is 24.3 Å². The van der Waals surface area contributed by atoms with Gasteiger partial charge in [0.25, 0.3) is 12.3 Å². The van der Waals surface area contributed by atoms with E-state index >= 15 is 0 Å². The van der Waals surface area contributed by atoms with E-state index in [4.69, 9.17) is 20.0 Å². The second-order valence-corrected chi connectivity index (χ2v) is 6.29. The number of hydrogen-bond donors (Lipinski definition) is 3. The van der Waals surface area contributed by atoms with Crippen LogP contribution in [0.4, 0.5) is 13.2 Å². The first kappa shape index (κ1) is 21.2. The number of halogens is 3. The zero-order chi connectivity index (χ0) is 21.8. The molecule has 3 aromatic rings. The van der Waals surface area contributed by atoms with Gasteiger partial charge in [0, 0.05) is 10.9 Å². The predicted molar refractivity (Wildman–Crippen MR) is 99.4 cm³/mol. The number of alkyl halides is 2. The number of furan rings is 1. The fourth-order valence-electron chi connectivity index (χ4n) is 2.79. The number of ether oxygens (including phenoxy) is 1. The molecule has 30 heavy (non-hydrogen) atoms. The molecule has 0 fully saturated rings. The summed E-state index contributed by atoms with van der Waals surface area (Å²) in [6.45, 7) is -0.939. The van der Waals surface area contributed by atoms with Crippen LogP contribution in [-0.2, 0) is 11.4 Å². The molecule has 158 valence electrons. The molecule has 0 aliphatic heterocycles. The normalized spacial score (nSPS) is 12.2. The highest BCUT2D eigenvalue weighted by atomic mass is 19.3. The number of carbonyl (C=O) groups is 2. The highest BCUT2D eigenvalue weighted by Gasteiger charge is 2.29. The molecule has 10 heteroatoms. The first-order valence-electron chi connectivity index (χ1n) is 8.73. The van der Waals surface area contributed by atoms with Crippen molar-refractivity contribution >= 4 is 22.8 Å². The van der Waals surface area contributed by atoms with E-state index in [-0.39, 0.29) is 28.9 Å². The summed E-state index contributed by atoms with van der Waals surface area (Å²) in [5.74, 6) is -3.31. The third-order valence-electron chi connectivity index (χ3n) is 4.30. The Bertz CT molecular complexity index is 1080. The Kier molecular flexibility index (Phi) is 6.26. The topological polar surface area (TPSA) is 115 Å². The van der Waals surface area contributed by atoms with Crippen LogP contribution >= 0.6 is 0 Å². The summed E-state index contributed by atoms with van der Waals surface area (Å²) in [5.41, 5.74) is 4.80. The van der Waals surface area contributed by atoms with E-state index in [0.29, 0.717) is 0 Å². The number of primary amides is 1. The molecule has 0 aliphatic carbocycles. The Labute approximate surface area is 168 Å². The number of hydrogen-bond acceptors (Lipinski definition) is 5. The third-order valence-corrected chi connectivity index (χ3v) is 4.30. The Hall–Kier alpha value is -3.53. The number of rotatable bonds is 8. The fourth-order valence-corrected chi connectivity index (χ4v) is 2.79. The minimum absolute atomic E-state index is 0.00464. The van der Waals surface area contributed by atoms with Crippen molar-refractivity contribution < 1.29 is 37.0 Å². The molecule has 0 radical (unpaired) electrons. The molecule has 1 aromatic heterocycles. The van der Waals surface area contributed by atoms with Crippen LogP contribution < -0.4 is 15.8 Å². The van der Waals surface area contributed by atoms with Crippen LogP contribution in [0.1, 0.15) is 28.1 Å². The van der Waals surface area contributed by atoms with Gasteiger partial charge in [-0.1, -0.05) is 18.2 Å². The monoisotopic (exact) mass is 422 g/mol. The molecular weight excluding hydrogens is 405 g/mol. The standard InChI is InChI=1S/C20H17F3N2O5/c21-13-4-2-1-3-10(13)9-29-11-5-6-15-12(7-11)16(17(30-15)18(22)23)20(28)25-14(8-26)19(24)27/h1-7,14,18,26H,8-9H2,(H2,24,27)(H,25,28). The summed E-state index contributed by atoms with van der Waals surface area (Å²) in [5, 5.41) is 11.2. The van der Waals surface area contributed by atoms with Crippen LogP contribution in [0, 0.1) is 5.82 Å². The van der Waals surface area contributed by atoms with Crippen molar-refractivity contribution in [2.45, 2.75) is 19.1 Å². The van der Waals surface area contributed by atoms with Crippen molar-refractivity contribution in [2.75, 3.05) is 6.61 Å². The smallest absolute Gasteiger partial charge is 0.296 e. The maximum atomic E-state index is 13.7. The summed E-state index contributed by atoms with van der Waals surface area (Å²) in [7, 11) is 0. The number of carbonyl (C=O) groups excluding carboxylic acids is 2. The first-order valence-corrected chi connectivity index (χ1v) is 8.73. The Morgan fingerprint density at radius 1 is 1.20 bits per heavy atom. The Balaban J connectivity index is 1.95. The van der Waals surface area contributed by atoms with Crippen LogP contribution in [0.25, 0.3) is 11.0 Å². The maximum absolute atomic E-state index is 13.7. The summed E-state index contributed by atoms with van der Waals surface area (Å²) in [6, 6.07) is 8.53. The molecule has 2 aromatic carbocycles. The summed E-state index contributed by atoms with van der Waals surface area (Å²) in [4.78, 5) is 23.8. The number of amides is 2. The van der Waals surface area contributed by atoms with E-state index in [1.165, 1.54) is 36.4 Å². The van der Waals surface area contributed by atoms with E-state index < -0.39 is 48.0 Å². The van der Waals surface area contributed by atoms with Crippen molar-refractivity contribution in [2.24, 2.45) is 5.73 Å². The summed E-state index contributed by atoms with van der Waals surface area (Å²) >= 11 is 0. The number of aliphatic hydroxyl groups excluding tert-OH is 1. The number of nitrogens with two attached hydrogens (primary N) is 1. The molecule has 1 atom stereocenters. The molecule has 3 rings (SSSR count). The maximum Gasteiger partial charge on any atom is 0.296 e. The predicted octanol–water partition coefficient (Wildman–Crippen LogP) is 2.66. The number of aliphatic hydroxyl groups is 1. The van der Waals surface area contributed by atoms with Gasteiger partial charge in [0.2, 0.25) is 5.91 Å². The van der Waals surface area contributed by atoms with Gasteiger partial charge in [0.15, 0.2) is 5.76 Å². The first-order chi connectivity index (χ1) is 14.3. The minimum Gasteiger partial charge on any atom is -0.489 e. The second kappa shape index (κ2) is 8.87. The lowest BCUT2D eigenvalue weighted by Crippen LogP contribution is -2.46. The average Bonchev–Trinajstić information content (AvgIpc) is 3.10. The molecule has 7 nitrogen and oxygen atoms in total. The van der Waals surface area contributed by atoms with E-state index in [1.54, 1.807) is 6.07 Å². The summed E-state index contributed by atoms with van der Waals surface area (Å²) < 4.78 is 51.2. The van der Waals surface area contributed by atoms with Gasteiger partial charge in [-0.15, -0.1) is 0 Å². The SMILES string of the molecule is NC(=O)C(CO)NC(=O)c1c(C(F)F)oc2ccc(OCc3ccccc3F)cc12. The lowest BCUT2D eigenvalue weighted by atomic mass is 10.1. The van der Waals surface area contributed by atoms with Crippen molar-refractivity contribution in [3.05, 3.63) is 65.2 Å². The van der Waals surface area contributed by atoms with Gasteiger partial charge in [0.1, 0.15) is 29.8 Å². The van der Waals surface area contributed by atoms with Gasteiger partial charge in [-0.3, -0.25) is 9.59 Å². The molecule has 4 N–H and O–H groups in total. The lowest BCUT2D eigenvalue weighted by molar-refractivity contribution is -0.120. The molecule has 2 amide bonds. The van der Waals surface area contributed by atoms with Gasteiger partial charge < -0.3 is 25.3 Å². The van der Waals surface area contributed by atoms with E-state index in [9.17, 15) is 22.8 Å². The number of fused-ring (bicyclic) bond motifs is 1. The van der Waals surface area contributed by atoms with Gasteiger partial charge >= 0.3 is 0 Å². The van der Waals surface area contributed by atoms with Gasteiger partial charge in [-0.25, -0.2) is 13.2 Å². The van der Waals surface area contributed by atoms with E-state index in [2.05, 4.69) is 5.32 Å². The molecule has 0 aliphatic rings. The van der Waals surface area contributed by atoms with Gasteiger partial charge in [-0.2, -0.15) is 0 Å². The number of nitrogens with one attached hydrogen (secondary N) is 1. The largest absolute Gasteiger partial charge is 0.489 e. The van der Waals surface area contributed by atoms with Crippen molar-refractivity contribution in [1.29, 1.82) is 0 Å². The van der Waals surface area contributed by atoms with Crippen LogP contribution in [0.15, 0.2) is 46.9 Å². The Morgan fingerprint density at radius 2 is 1.93 bits per heavy atom. The number of benzene rings is 2. The van der Waals surface area contributed by atoms with Gasteiger partial charge in [0.05, 0.1) is 12.2 Å². The second-order valence-electron chi connectivity index (χ2n) is 6.29. The molecule has 0 saturated carbocycles. The minimum atomic E-state index is -3.12. The quantitative estimate of drug-likeness (QED) is 0.516.